The Hall–Kier alpha value is -1.18. The molecule has 1 N–H and O–H groups in total. The van der Waals surface area contributed by atoms with Crippen molar-refractivity contribution in [1.82, 2.24) is 15.4 Å². The van der Waals surface area contributed by atoms with E-state index < -0.39 is 0 Å². The molecule has 1 aromatic heterocycles. The van der Waals surface area contributed by atoms with Gasteiger partial charge in [-0.1, -0.05) is 43.0 Å². The standard InChI is InChI=1S/C19H23Cl2N3O2S/c1-2-3-4-5-16-17(14-7-6-13(20)12-15(14)21)22-19(27-16)18(25)23-24-8-10-26-11-9-24/h6-7,12H,2-5,8-11H2,1H3,(H,23,25). The van der Waals surface area contributed by atoms with Gasteiger partial charge in [-0.3, -0.25) is 10.2 Å². The van der Waals surface area contributed by atoms with E-state index in [1.807, 2.05) is 11.1 Å². The molecule has 0 saturated carbocycles. The molecule has 8 heteroatoms. The first-order valence-corrected chi connectivity index (χ1v) is 10.7. The van der Waals surface area contributed by atoms with Crippen LogP contribution in [-0.2, 0) is 11.2 Å². The highest BCUT2D eigenvalue weighted by molar-refractivity contribution is 7.14. The van der Waals surface area contributed by atoms with Crippen LogP contribution in [0.15, 0.2) is 18.2 Å². The largest absolute Gasteiger partial charge is 0.379 e. The maximum absolute atomic E-state index is 12.7. The number of rotatable bonds is 7. The van der Waals surface area contributed by atoms with Crippen LogP contribution in [0.2, 0.25) is 10.0 Å². The molecule has 2 heterocycles. The fourth-order valence-electron chi connectivity index (χ4n) is 2.91. The first-order valence-electron chi connectivity index (χ1n) is 9.17. The van der Waals surface area contributed by atoms with Gasteiger partial charge in [0.1, 0.15) is 0 Å². The third-order valence-electron chi connectivity index (χ3n) is 4.36. The summed E-state index contributed by atoms with van der Waals surface area (Å²) >= 11 is 13.9. The summed E-state index contributed by atoms with van der Waals surface area (Å²) in [5.41, 5.74) is 4.52. The lowest BCUT2D eigenvalue weighted by molar-refractivity contribution is 0.0126. The monoisotopic (exact) mass is 427 g/mol. The number of nitrogens with zero attached hydrogens (tertiary/aromatic N) is 2. The fraction of sp³-hybridized carbons (Fsp3) is 0.474. The second-order valence-corrected chi connectivity index (χ2v) is 8.34. The number of hydrogen-bond donors (Lipinski definition) is 1. The van der Waals surface area contributed by atoms with Gasteiger partial charge in [-0.2, -0.15) is 0 Å². The minimum Gasteiger partial charge on any atom is -0.379 e. The van der Waals surface area contributed by atoms with Crippen molar-refractivity contribution in [2.45, 2.75) is 32.6 Å². The van der Waals surface area contributed by atoms with Gasteiger partial charge in [0.15, 0.2) is 5.01 Å². The number of halogens is 2. The Morgan fingerprint density at radius 2 is 2.07 bits per heavy atom. The lowest BCUT2D eigenvalue weighted by atomic mass is 10.1. The number of unbranched alkanes of at least 4 members (excludes halogenated alkanes) is 2. The van der Waals surface area contributed by atoms with Crippen LogP contribution in [0.3, 0.4) is 0 Å². The SMILES string of the molecule is CCCCCc1sc(C(=O)NN2CCOCC2)nc1-c1ccc(Cl)cc1Cl. The highest BCUT2D eigenvalue weighted by atomic mass is 35.5. The molecule has 0 radical (unpaired) electrons. The fourth-order valence-corrected chi connectivity index (χ4v) is 4.42. The Labute approximate surface area is 173 Å². The normalized spacial score (nSPS) is 15.1. The lowest BCUT2D eigenvalue weighted by Crippen LogP contribution is -2.48. The summed E-state index contributed by atoms with van der Waals surface area (Å²) in [4.78, 5) is 18.4. The highest BCUT2D eigenvalue weighted by Gasteiger charge is 2.21. The third-order valence-corrected chi connectivity index (χ3v) is 6.02. The summed E-state index contributed by atoms with van der Waals surface area (Å²) in [6, 6.07) is 5.37. The molecule has 3 rings (SSSR count). The first-order chi connectivity index (χ1) is 13.1. The Morgan fingerprint density at radius 3 is 2.78 bits per heavy atom. The maximum atomic E-state index is 12.7. The number of aryl methyl sites for hydroxylation is 1. The van der Waals surface area contributed by atoms with Crippen LogP contribution >= 0.6 is 34.5 Å². The number of hydrazine groups is 1. The van der Waals surface area contributed by atoms with E-state index in [0.29, 0.717) is 41.4 Å². The summed E-state index contributed by atoms with van der Waals surface area (Å²) in [7, 11) is 0. The van der Waals surface area contributed by atoms with E-state index in [4.69, 9.17) is 27.9 Å². The van der Waals surface area contributed by atoms with Crippen molar-refractivity contribution in [3.05, 3.63) is 38.1 Å². The zero-order valence-corrected chi connectivity index (χ0v) is 17.6. The second kappa shape index (κ2) is 9.85. The van der Waals surface area contributed by atoms with Gasteiger partial charge >= 0.3 is 0 Å². The van der Waals surface area contributed by atoms with Crippen LogP contribution in [0.5, 0.6) is 0 Å². The van der Waals surface area contributed by atoms with Crippen LogP contribution in [0.25, 0.3) is 11.3 Å². The van der Waals surface area contributed by atoms with E-state index >= 15 is 0 Å². The smallest absolute Gasteiger partial charge is 0.294 e. The number of nitrogens with one attached hydrogen (secondary N) is 1. The lowest BCUT2D eigenvalue weighted by Gasteiger charge is -2.26. The molecule has 1 aromatic carbocycles. The van der Waals surface area contributed by atoms with Crippen LogP contribution in [0.1, 0.15) is 40.9 Å². The molecule has 1 fully saturated rings. The quantitative estimate of drug-likeness (QED) is 0.642. The summed E-state index contributed by atoms with van der Waals surface area (Å²) < 4.78 is 5.31. The van der Waals surface area contributed by atoms with Gasteiger partial charge in [-0.05, 0) is 31.0 Å². The summed E-state index contributed by atoms with van der Waals surface area (Å²) in [6.07, 6.45) is 4.22. The molecular formula is C19H23Cl2N3O2S. The summed E-state index contributed by atoms with van der Waals surface area (Å²) in [5.74, 6) is -0.185. The number of amides is 1. The molecule has 0 bridgehead atoms. The van der Waals surface area contributed by atoms with Gasteiger partial charge in [-0.15, -0.1) is 11.3 Å². The molecule has 27 heavy (non-hydrogen) atoms. The Bertz CT molecular complexity index is 791. The topological polar surface area (TPSA) is 54.5 Å². The van der Waals surface area contributed by atoms with Crippen LogP contribution < -0.4 is 5.43 Å². The molecule has 1 aliphatic heterocycles. The summed E-state index contributed by atoms with van der Waals surface area (Å²) in [6.45, 7) is 4.76. The number of aromatic nitrogens is 1. The minimum absolute atomic E-state index is 0.185. The second-order valence-electron chi connectivity index (χ2n) is 6.41. The molecule has 2 aromatic rings. The van der Waals surface area contributed by atoms with Gasteiger partial charge in [0.25, 0.3) is 5.91 Å². The molecule has 1 amide bonds. The molecule has 0 unspecified atom stereocenters. The molecule has 1 saturated heterocycles. The number of hydrogen-bond acceptors (Lipinski definition) is 5. The van der Waals surface area contributed by atoms with Gasteiger partial charge in [0, 0.05) is 28.6 Å². The van der Waals surface area contributed by atoms with Crippen molar-refractivity contribution in [2.24, 2.45) is 0 Å². The number of benzene rings is 1. The van der Waals surface area contributed by atoms with E-state index in [0.717, 1.165) is 41.8 Å². The van der Waals surface area contributed by atoms with Crippen molar-refractivity contribution in [1.29, 1.82) is 0 Å². The molecule has 0 aliphatic carbocycles. The molecule has 5 nitrogen and oxygen atoms in total. The van der Waals surface area contributed by atoms with Crippen molar-refractivity contribution >= 4 is 40.4 Å². The van der Waals surface area contributed by atoms with E-state index in [1.165, 1.54) is 11.3 Å². The predicted octanol–water partition coefficient (Wildman–Crippen LogP) is 4.83. The first kappa shape index (κ1) is 20.6. The van der Waals surface area contributed by atoms with Crippen molar-refractivity contribution in [2.75, 3.05) is 26.3 Å². The molecule has 0 spiro atoms. The molecule has 0 atom stereocenters. The number of ether oxygens (including phenoxy) is 1. The number of morpholine rings is 1. The Morgan fingerprint density at radius 1 is 1.30 bits per heavy atom. The van der Waals surface area contributed by atoms with E-state index in [1.54, 1.807) is 12.1 Å². The van der Waals surface area contributed by atoms with E-state index in [-0.39, 0.29) is 5.91 Å². The third kappa shape index (κ3) is 5.42. The average Bonchev–Trinajstić information content (AvgIpc) is 3.07. The van der Waals surface area contributed by atoms with Crippen molar-refractivity contribution in [3.8, 4) is 11.3 Å². The Kier molecular flexibility index (Phi) is 7.49. The van der Waals surface area contributed by atoms with Gasteiger partial charge in [-0.25, -0.2) is 9.99 Å². The van der Waals surface area contributed by atoms with E-state index in [9.17, 15) is 4.79 Å². The average molecular weight is 428 g/mol. The Balaban J connectivity index is 1.85. The zero-order chi connectivity index (χ0) is 19.2. The predicted molar refractivity (Wildman–Crippen MR) is 111 cm³/mol. The highest BCUT2D eigenvalue weighted by Crippen LogP contribution is 2.35. The maximum Gasteiger partial charge on any atom is 0.294 e. The van der Waals surface area contributed by atoms with Gasteiger partial charge in [0.2, 0.25) is 0 Å². The van der Waals surface area contributed by atoms with Gasteiger partial charge in [0.05, 0.1) is 23.9 Å². The van der Waals surface area contributed by atoms with Crippen molar-refractivity contribution in [3.63, 3.8) is 0 Å². The van der Waals surface area contributed by atoms with Crippen LogP contribution in [0.4, 0.5) is 0 Å². The number of carbonyl (C=O) groups is 1. The zero-order valence-electron chi connectivity index (χ0n) is 15.3. The molecular weight excluding hydrogens is 405 g/mol. The van der Waals surface area contributed by atoms with Crippen LogP contribution in [0, 0.1) is 0 Å². The molecule has 146 valence electrons. The van der Waals surface area contributed by atoms with Crippen molar-refractivity contribution < 1.29 is 9.53 Å². The molecule has 1 aliphatic rings. The van der Waals surface area contributed by atoms with Gasteiger partial charge < -0.3 is 4.74 Å². The minimum atomic E-state index is -0.185. The van der Waals surface area contributed by atoms with E-state index in [2.05, 4.69) is 17.3 Å². The van der Waals surface area contributed by atoms with Crippen LogP contribution in [-0.4, -0.2) is 42.2 Å². The summed E-state index contributed by atoms with van der Waals surface area (Å²) in [5, 5.41) is 3.45. The number of carbonyl (C=O) groups excluding carboxylic acids is 1. The number of thiazole rings is 1.